The minimum absolute atomic E-state index is 0.00345. The molecule has 0 aliphatic rings. The van der Waals surface area contributed by atoms with Crippen LogP contribution >= 0.6 is 0 Å². The Morgan fingerprint density at radius 1 is 1.20 bits per heavy atom. The highest BCUT2D eigenvalue weighted by atomic mass is 19.4. The number of nitrogens with zero attached hydrogens (tertiary/aromatic N) is 1. The lowest BCUT2D eigenvalue weighted by atomic mass is 10.1. The molecule has 2 amide bonds. The molecule has 0 unspecified atom stereocenters. The van der Waals surface area contributed by atoms with Gasteiger partial charge in [-0.05, 0) is 12.0 Å². The highest BCUT2D eigenvalue weighted by Crippen LogP contribution is 2.12. The molecule has 1 rings (SSSR count). The zero-order chi connectivity index (χ0) is 15.0. The average Bonchev–Trinajstić information content (AvgIpc) is 2.41. The van der Waals surface area contributed by atoms with Gasteiger partial charge in [0, 0.05) is 13.1 Å². The van der Waals surface area contributed by atoms with Gasteiger partial charge in [0.1, 0.15) is 6.54 Å². The number of nitrogens with one attached hydrogen (secondary N) is 1. The van der Waals surface area contributed by atoms with E-state index in [0.29, 0.717) is 6.42 Å². The molecule has 0 radical (unpaired) electrons. The second kappa shape index (κ2) is 7.74. The van der Waals surface area contributed by atoms with Crippen LogP contribution in [0.1, 0.15) is 5.56 Å². The van der Waals surface area contributed by atoms with E-state index in [1.165, 1.54) is 4.90 Å². The minimum atomic E-state index is -4.44. The molecule has 0 fully saturated rings. The highest BCUT2D eigenvalue weighted by Gasteiger charge is 2.28. The molecule has 2 N–H and O–H groups in total. The van der Waals surface area contributed by atoms with Gasteiger partial charge in [-0.3, -0.25) is 0 Å². The maximum Gasteiger partial charge on any atom is 0.405 e. The van der Waals surface area contributed by atoms with E-state index in [1.54, 1.807) is 5.32 Å². The number of carbonyl (C=O) groups is 1. The summed E-state index contributed by atoms with van der Waals surface area (Å²) in [7, 11) is 0. The lowest BCUT2D eigenvalue weighted by molar-refractivity contribution is -0.123. The van der Waals surface area contributed by atoms with Crippen molar-refractivity contribution in [2.45, 2.75) is 12.6 Å². The van der Waals surface area contributed by atoms with Gasteiger partial charge in [-0.1, -0.05) is 30.3 Å². The topological polar surface area (TPSA) is 52.6 Å². The summed E-state index contributed by atoms with van der Waals surface area (Å²) in [6.07, 6.45) is -3.93. The maximum atomic E-state index is 12.0. The molecular formula is C13H17F3N2O2. The molecule has 0 aliphatic heterocycles. The Morgan fingerprint density at radius 3 is 2.40 bits per heavy atom. The van der Waals surface area contributed by atoms with Crippen LogP contribution in [0.2, 0.25) is 0 Å². The summed E-state index contributed by atoms with van der Waals surface area (Å²) in [5, 5.41) is 10.7. The van der Waals surface area contributed by atoms with Gasteiger partial charge in [-0.25, -0.2) is 4.79 Å². The summed E-state index contributed by atoms with van der Waals surface area (Å²) in [5.41, 5.74) is 0.971. The Bertz CT molecular complexity index is 410. The van der Waals surface area contributed by atoms with E-state index in [0.717, 1.165) is 5.56 Å². The lowest BCUT2D eigenvalue weighted by Gasteiger charge is -2.22. The monoisotopic (exact) mass is 290 g/mol. The molecule has 112 valence electrons. The van der Waals surface area contributed by atoms with E-state index in [9.17, 15) is 18.0 Å². The summed E-state index contributed by atoms with van der Waals surface area (Å²) < 4.78 is 36.1. The van der Waals surface area contributed by atoms with E-state index in [4.69, 9.17) is 5.11 Å². The first-order valence-electron chi connectivity index (χ1n) is 6.16. The zero-order valence-electron chi connectivity index (χ0n) is 10.9. The average molecular weight is 290 g/mol. The number of hydrogen-bond donors (Lipinski definition) is 2. The minimum Gasteiger partial charge on any atom is -0.395 e. The largest absolute Gasteiger partial charge is 0.405 e. The van der Waals surface area contributed by atoms with Gasteiger partial charge in [-0.15, -0.1) is 0 Å². The van der Waals surface area contributed by atoms with E-state index >= 15 is 0 Å². The molecule has 0 heterocycles. The smallest absolute Gasteiger partial charge is 0.395 e. The van der Waals surface area contributed by atoms with Crippen LogP contribution in [-0.2, 0) is 6.42 Å². The van der Waals surface area contributed by atoms with Crippen molar-refractivity contribution in [3.05, 3.63) is 35.9 Å². The van der Waals surface area contributed by atoms with E-state index in [2.05, 4.69) is 0 Å². The lowest BCUT2D eigenvalue weighted by Crippen LogP contribution is -2.45. The summed E-state index contributed by atoms with van der Waals surface area (Å²) >= 11 is 0. The van der Waals surface area contributed by atoms with Crippen molar-refractivity contribution < 1.29 is 23.1 Å². The van der Waals surface area contributed by atoms with Gasteiger partial charge in [0.15, 0.2) is 0 Å². The second-order valence-corrected chi connectivity index (χ2v) is 4.22. The summed E-state index contributed by atoms with van der Waals surface area (Å²) in [6, 6.07) is 8.44. The molecule has 1 aromatic rings. The number of aliphatic hydroxyl groups excluding tert-OH is 1. The molecule has 0 saturated carbocycles. The van der Waals surface area contributed by atoms with E-state index in [-0.39, 0.29) is 19.7 Å². The third kappa shape index (κ3) is 6.42. The molecule has 7 heteroatoms. The fourth-order valence-corrected chi connectivity index (χ4v) is 1.63. The van der Waals surface area contributed by atoms with Crippen molar-refractivity contribution in [3.63, 3.8) is 0 Å². The van der Waals surface area contributed by atoms with Crippen molar-refractivity contribution in [3.8, 4) is 0 Å². The third-order valence-electron chi connectivity index (χ3n) is 2.61. The van der Waals surface area contributed by atoms with Gasteiger partial charge in [0.05, 0.1) is 6.61 Å². The first kappa shape index (κ1) is 16.3. The number of alkyl halides is 3. The number of amides is 2. The number of carbonyl (C=O) groups excluding carboxylic acids is 1. The standard InChI is InChI=1S/C13H17F3N2O2/c14-13(15,16)10-17-12(20)18(8-9-19)7-6-11-4-2-1-3-5-11/h1-5,19H,6-10H2,(H,17,20). The molecule has 0 atom stereocenters. The number of aliphatic hydroxyl groups is 1. The quantitative estimate of drug-likeness (QED) is 0.839. The highest BCUT2D eigenvalue weighted by molar-refractivity contribution is 5.74. The number of rotatable bonds is 6. The van der Waals surface area contributed by atoms with E-state index < -0.39 is 18.8 Å². The summed E-state index contributed by atoms with van der Waals surface area (Å²) in [5.74, 6) is 0. The van der Waals surface area contributed by atoms with E-state index in [1.807, 2.05) is 30.3 Å². The van der Waals surface area contributed by atoms with Crippen LogP contribution in [0.15, 0.2) is 30.3 Å². The van der Waals surface area contributed by atoms with Crippen LogP contribution in [-0.4, -0.2) is 48.5 Å². The molecule has 0 aromatic heterocycles. The Balaban J connectivity index is 2.49. The summed E-state index contributed by atoms with van der Waals surface area (Å²) in [4.78, 5) is 12.8. The van der Waals surface area contributed by atoms with Crippen LogP contribution in [0.4, 0.5) is 18.0 Å². The molecule has 0 spiro atoms. The van der Waals surface area contributed by atoms with Gasteiger partial charge in [0.2, 0.25) is 0 Å². The number of halogens is 3. The van der Waals surface area contributed by atoms with Crippen LogP contribution in [0, 0.1) is 0 Å². The van der Waals surface area contributed by atoms with Crippen LogP contribution in [0.25, 0.3) is 0 Å². The summed E-state index contributed by atoms with van der Waals surface area (Å²) in [6.45, 7) is -1.43. The van der Waals surface area contributed by atoms with Crippen molar-refractivity contribution in [1.29, 1.82) is 0 Å². The fourth-order valence-electron chi connectivity index (χ4n) is 1.63. The maximum absolute atomic E-state index is 12.0. The third-order valence-corrected chi connectivity index (χ3v) is 2.61. The van der Waals surface area contributed by atoms with Gasteiger partial charge >= 0.3 is 12.2 Å². The Hall–Kier alpha value is -1.76. The molecule has 20 heavy (non-hydrogen) atoms. The first-order chi connectivity index (χ1) is 9.42. The first-order valence-corrected chi connectivity index (χ1v) is 6.16. The van der Waals surface area contributed by atoms with Crippen LogP contribution in [0.3, 0.4) is 0 Å². The Labute approximate surface area is 115 Å². The van der Waals surface area contributed by atoms with Gasteiger partial charge in [0.25, 0.3) is 0 Å². The van der Waals surface area contributed by atoms with Crippen LogP contribution < -0.4 is 5.32 Å². The van der Waals surface area contributed by atoms with Crippen molar-refractivity contribution in [2.75, 3.05) is 26.2 Å². The second-order valence-electron chi connectivity index (χ2n) is 4.22. The number of benzene rings is 1. The SMILES string of the molecule is O=C(NCC(F)(F)F)N(CCO)CCc1ccccc1. The predicted octanol–water partition coefficient (Wildman–Crippen LogP) is 1.80. The number of hydrogen-bond acceptors (Lipinski definition) is 2. The van der Waals surface area contributed by atoms with Crippen molar-refractivity contribution in [1.82, 2.24) is 10.2 Å². The zero-order valence-corrected chi connectivity index (χ0v) is 10.9. The van der Waals surface area contributed by atoms with Crippen molar-refractivity contribution in [2.24, 2.45) is 0 Å². The molecule has 0 aliphatic carbocycles. The Morgan fingerprint density at radius 2 is 1.85 bits per heavy atom. The molecule has 4 nitrogen and oxygen atoms in total. The molecule has 1 aromatic carbocycles. The number of urea groups is 1. The van der Waals surface area contributed by atoms with Gasteiger partial charge < -0.3 is 15.3 Å². The normalized spacial score (nSPS) is 11.2. The predicted molar refractivity (Wildman–Crippen MR) is 68.3 cm³/mol. The molecule has 0 saturated heterocycles. The Kier molecular flexibility index (Phi) is 6.30. The molecular weight excluding hydrogens is 273 g/mol. The van der Waals surface area contributed by atoms with Gasteiger partial charge in [-0.2, -0.15) is 13.2 Å². The fraction of sp³-hybridized carbons (Fsp3) is 0.462. The van der Waals surface area contributed by atoms with Crippen molar-refractivity contribution >= 4 is 6.03 Å². The molecule has 0 bridgehead atoms. The van der Waals surface area contributed by atoms with Crippen LogP contribution in [0.5, 0.6) is 0 Å².